The van der Waals surface area contributed by atoms with Crippen molar-refractivity contribution in [1.29, 1.82) is 0 Å². The van der Waals surface area contributed by atoms with Gasteiger partial charge >= 0.3 is 20.4 Å². The number of carbonyl (C=O) groups is 2. The highest BCUT2D eigenvalue weighted by atomic mass is 31.1. The molecule has 0 radical (unpaired) electrons. The van der Waals surface area contributed by atoms with E-state index in [0.29, 0.717) is 0 Å². The van der Waals surface area contributed by atoms with Crippen LogP contribution < -0.4 is 5.30 Å². The summed E-state index contributed by atoms with van der Waals surface area (Å²) in [5, 5.41) is 18.0. The molecule has 0 fully saturated rings. The highest BCUT2D eigenvalue weighted by molar-refractivity contribution is 7.34. The van der Waals surface area contributed by atoms with Gasteiger partial charge in [0.05, 0.1) is 11.1 Å². The van der Waals surface area contributed by atoms with E-state index in [1.807, 2.05) is 30.3 Å². The number of benzene rings is 2. The van der Waals surface area contributed by atoms with E-state index in [1.165, 1.54) is 24.3 Å². The van der Waals surface area contributed by atoms with Gasteiger partial charge in [0.2, 0.25) is 0 Å². The minimum absolute atomic E-state index is 0.190. The van der Waals surface area contributed by atoms with Gasteiger partial charge in [-0.05, 0) is 24.3 Å². The molecule has 0 saturated heterocycles. The van der Waals surface area contributed by atoms with E-state index < -0.39 is 11.9 Å². The third-order valence-electron chi connectivity index (χ3n) is 2.28. The largest absolute Gasteiger partial charge is 0.478 e. The lowest BCUT2D eigenvalue weighted by molar-refractivity contribution is 0.0651. The molecular formula is C14H12O5P+. The minimum atomic E-state index is -1.23. The van der Waals surface area contributed by atoms with Gasteiger partial charge in [0.1, 0.15) is 0 Å². The van der Waals surface area contributed by atoms with Gasteiger partial charge in [-0.25, -0.2) is 9.59 Å². The van der Waals surface area contributed by atoms with Crippen LogP contribution in [0.5, 0.6) is 0 Å². The average Bonchev–Trinajstić information content (AvgIpc) is 2.48. The van der Waals surface area contributed by atoms with Crippen molar-refractivity contribution >= 4 is 25.7 Å². The molecule has 0 aliphatic carbocycles. The SMILES string of the molecule is O=C(O)c1ccccc1C(=O)O.O=[PH+]c1ccccc1. The average molecular weight is 291 g/mol. The van der Waals surface area contributed by atoms with Crippen LogP contribution in [0.1, 0.15) is 20.7 Å². The highest BCUT2D eigenvalue weighted by Crippen LogP contribution is 2.07. The van der Waals surface area contributed by atoms with Crippen LogP contribution in [0.3, 0.4) is 0 Å². The molecule has 102 valence electrons. The zero-order valence-corrected chi connectivity index (χ0v) is 11.3. The maximum absolute atomic E-state index is 10.5. The van der Waals surface area contributed by atoms with Crippen molar-refractivity contribution in [3.63, 3.8) is 0 Å². The molecule has 0 amide bonds. The second kappa shape index (κ2) is 7.81. The molecule has 0 bridgehead atoms. The molecule has 5 nitrogen and oxygen atoms in total. The van der Waals surface area contributed by atoms with Gasteiger partial charge in [-0.2, -0.15) is 0 Å². The molecule has 0 heterocycles. The van der Waals surface area contributed by atoms with Gasteiger partial charge < -0.3 is 10.2 Å². The maximum atomic E-state index is 10.5. The van der Waals surface area contributed by atoms with Gasteiger partial charge in [-0.1, -0.05) is 34.9 Å². The fourth-order valence-corrected chi connectivity index (χ4v) is 1.69. The standard InChI is InChI=1S/C8H6O4.C6H5OP/c9-7(10)5-3-1-2-4-6(5)8(11)12;7-8-6-4-2-1-3-5-6/h1-4H,(H,9,10)(H,11,12);1-5H/p+1. The first-order valence-corrected chi connectivity index (χ1v) is 6.46. The molecule has 0 aromatic heterocycles. The van der Waals surface area contributed by atoms with E-state index in [1.54, 1.807) is 0 Å². The zero-order valence-electron chi connectivity index (χ0n) is 10.3. The molecule has 6 heteroatoms. The van der Waals surface area contributed by atoms with Crippen molar-refractivity contribution in [3.8, 4) is 0 Å². The zero-order chi connectivity index (χ0) is 15.0. The summed E-state index contributed by atoms with van der Waals surface area (Å²) in [6.07, 6.45) is 0. The lowest BCUT2D eigenvalue weighted by Gasteiger charge is -1.98. The first-order chi connectivity index (χ1) is 9.56. The van der Waals surface area contributed by atoms with Gasteiger partial charge in [0.15, 0.2) is 5.30 Å². The minimum Gasteiger partial charge on any atom is -0.478 e. The Hall–Kier alpha value is -2.52. The molecule has 20 heavy (non-hydrogen) atoms. The van der Waals surface area contributed by atoms with Crippen LogP contribution in [0.15, 0.2) is 54.6 Å². The number of aromatic carboxylic acids is 2. The third kappa shape index (κ3) is 4.63. The second-order valence-electron chi connectivity index (χ2n) is 3.62. The molecule has 0 saturated carbocycles. The van der Waals surface area contributed by atoms with Crippen molar-refractivity contribution in [1.82, 2.24) is 0 Å². The fourth-order valence-electron chi connectivity index (χ4n) is 1.36. The van der Waals surface area contributed by atoms with Gasteiger partial charge in [-0.15, -0.1) is 0 Å². The lowest BCUT2D eigenvalue weighted by atomic mass is 10.1. The van der Waals surface area contributed by atoms with E-state index in [-0.39, 0.29) is 19.6 Å². The second-order valence-corrected chi connectivity index (χ2v) is 4.41. The summed E-state index contributed by atoms with van der Waals surface area (Å²) in [6, 6.07) is 14.8. The van der Waals surface area contributed by atoms with Gasteiger partial charge in [0, 0.05) is 0 Å². The van der Waals surface area contributed by atoms with Gasteiger partial charge in [0.25, 0.3) is 0 Å². The van der Waals surface area contributed by atoms with E-state index in [4.69, 9.17) is 10.2 Å². The Bertz CT molecular complexity index is 577. The molecule has 0 spiro atoms. The Morgan fingerprint density at radius 1 is 0.750 bits per heavy atom. The van der Waals surface area contributed by atoms with Crippen molar-refractivity contribution in [3.05, 3.63) is 65.7 Å². The molecule has 2 rings (SSSR count). The van der Waals surface area contributed by atoms with Crippen molar-refractivity contribution in [2.45, 2.75) is 0 Å². The quantitative estimate of drug-likeness (QED) is 0.847. The fraction of sp³-hybridized carbons (Fsp3) is 0. The summed E-state index contributed by atoms with van der Waals surface area (Å²) in [6.45, 7) is 0. The number of carboxylic acid groups (broad SMARTS) is 2. The molecule has 1 unspecified atom stereocenters. The molecule has 2 aromatic rings. The molecule has 1 atom stereocenters. The number of hydrogen-bond donors (Lipinski definition) is 2. The monoisotopic (exact) mass is 291 g/mol. The molecule has 2 N–H and O–H groups in total. The summed E-state index contributed by atoms with van der Waals surface area (Å²) in [5.41, 5.74) is -0.380. The summed E-state index contributed by atoms with van der Waals surface area (Å²) in [4.78, 5) is 20.9. The maximum Gasteiger partial charge on any atom is 0.363 e. The van der Waals surface area contributed by atoms with E-state index in [9.17, 15) is 14.2 Å². The van der Waals surface area contributed by atoms with Crippen molar-refractivity contribution in [2.75, 3.05) is 0 Å². The normalized spacial score (nSPS) is 9.40. The van der Waals surface area contributed by atoms with E-state index in [2.05, 4.69) is 0 Å². The molecule has 0 aliphatic rings. The third-order valence-corrected chi connectivity index (χ3v) is 2.85. The summed E-state index contributed by atoms with van der Waals surface area (Å²) in [5.74, 6) is -2.46. The smallest absolute Gasteiger partial charge is 0.363 e. The van der Waals surface area contributed by atoms with Gasteiger partial charge in [-0.3, -0.25) is 0 Å². The first kappa shape index (κ1) is 15.5. The Balaban J connectivity index is 0.000000217. The molecule has 2 aromatic carbocycles. The summed E-state index contributed by atoms with van der Waals surface area (Å²) < 4.78 is 10.2. The predicted octanol–water partition coefficient (Wildman–Crippen LogP) is 2.42. The molecule has 0 aliphatic heterocycles. The van der Waals surface area contributed by atoms with Crippen molar-refractivity contribution in [2.24, 2.45) is 0 Å². The lowest BCUT2D eigenvalue weighted by Crippen LogP contribution is -2.06. The summed E-state index contributed by atoms with van der Waals surface area (Å²) in [7, 11) is -0.320. The number of hydrogen-bond acceptors (Lipinski definition) is 3. The highest BCUT2D eigenvalue weighted by Gasteiger charge is 2.13. The number of rotatable bonds is 3. The van der Waals surface area contributed by atoms with Crippen LogP contribution in [0.25, 0.3) is 0 Å². The van der Waals surface area contributed by atoms with Crippen molar-refractivity contribution < 1.29 is 24.4 Å². The van der Waals surface area contributed by atoms with Crippen LogP contribution in [0, 0.1) is 0 Å². The Morgan fingerprint density at radius 3 is 1.45 bits per heavy atom. The number of carboxylic acids is 2. The van der Waals surface area contributed by atoms with E-state index >= 15 is 0 Å². The van der Waals surface area contributed by atoms with Crippen LogP contribution >= 0.6 is 8.46 Å². The van der Waals surface area contributed by atoms with E-state index in [0.717, 1.165) is 5.30 Å². The Morgan fingerprint density at radius 2 is 1.15 bits per heavy atom. The predicted molar refractivity (Wildman–Crippen MR) is 75.4 cm³/mol. The van der Waals surface area contributed by atoms with Crippen LogP contribution in [0.2, 0.25) is 0 Å². The first-order valence-electron chi connectivity index (χ1n) is 5.55. The van der Waals surface area contributed by atoms with Crippen LogP contribution in [-0.2, 0) is 4.57 Å². The van der Waals surface area contributed by atoms with Crippen LogP contribution in [0.4, 0.5) is 0 Å². The Kier molecular flexibility index (Phi) is 6.07. The van der Waals surface area contributed by atoms with Crippen LogP contribution in [-0.4, -0.2) is 22.2 Å². The topological polar surface area (TPSA) is 91.7 Å². The molecular weight excluding hydrogens is 279 g/mol. The Labute approximate surface area is 116 Å². The summed E-state index contributed by atoms with van der Waals surface area (Å²) >= 11 is 0.